The van der Waals surface area contributed by atoms with Crippen LogP contribution in [0.5, 0.6) is 0 Å². The van der Waals surface area contributed by atoms with E-state index >= 15 is 0 Å². The molecule has 10 heteroatoms. The minimum absolute atomic E-state index is 0.0226. The number of amides is 3. The van der Waals surface area contributed by atoms with Crippen molar-refractivity contribution in [3.63, 3.8) is 0 Å². The largest absolute Gasteiger partial charge is 0.458 e. The van der Waals surface area contributed by atoms with Gasteiger partial charge in [-0.05, 0) is 40.5 Å². The summed E-state index contributed by atoms with van der Waals surface area (Å²) in [4.78, 5) is 45.3. The summed E-state index contributed by atoms with van der Waals surface area (Å²) in [5.41, 5.74) is -0.128. The van der Waals surface area contributed by atoms with Gasteiger partial charge >= 0.3 is 12.0 Å². The van der Waals surface area contributed by atoms with Crippen molar-refractivity contribution < 1.29 is 28.6 Å². The third kappa shape index (κ3) is 6.47. The standard InChI is InChI=1S/C21H33N3O6S/c1-8-28-19(29-9-2)17-22-14(12-31-17)10-23-15(25)11-24(20(23)27)16(13(3)4)18(26)30-21(5,6)7/h12-13,16,19H,8-11H2,1-7H3/t16-/m0/s1. The molecule has 0 saturated carbocycles. The zero-order valence-electron chi connectivity index (χ0n) is 19.3. The van der Waals surface area contributed by atoms with Crippen molar-refractivity contribution in [2.45, 2.75) is 72.9 Å². The smallest absolute Gasteiger partial charge is 0.329 e. The lowest BCUT2D eigenvalue weighted by atomic mass is 10.0. The van der Waals surface area contributed by atoms with E-state index in [1.807, 2.05) is 27.7 Å². The topological polar surface area (TPSA) is 98.3 Å². The fourth-order valence-electron chi connectivity index (χ4n) is 3.21. The SMILES string of the molecule is CCOC(OCC)c1nc(CN2C(=O)CN([C@H](C(=O)OC(C)(C)C)C(C)C)C2=O)cs1. The Morgan fingerprint density at radius 2 is 1.81 bits per heavy atom. The Morgan fingerprint density at radius 1 is 1.19 bits per heavy atom. The maximum Gasteiger partial charge on any atom is 0.329 e. The summed E-state index contributed by atoms with van der Waals surface area (Å²) < 4.78 is 16.6. The molecule has 3 amide bonds. The van der Waals surface area contributed by atoms with E-state index in [0.29, 0.717) is 23.9 Å². The second-order valence-corrected chi connectivity index (χ2v) is 9.42. The number of urea groups is 1. The summed E-state index contributed by atoms with van der Waals surface area (Å²) in [6.07, 6.45) is -0.576. The van der Waals surface area contributed by atoms with Crippen LogP contribution >= 0.6 is 11.3 Å². The molecule has 31 heavy (non-hydrogen) atoms. The number of rotatable bonds is 10. The van der Waals surface area contributed by atoms with Crippen molar-refractivity contribution in [1.82, 2.24) is 14.8 Å². The first-order valence-electron chi connectivity index (χ1n) is 10.5. The molecule has 1 saturated heterocycles. The van der Waals surface area contributed by atoms with Crippen LogP contribution in [0.2, 0.25) is 0 Å². The average molecular weight is 456 g/mol. The lowest BCUT2D eigenvalue weighted by Gasteiger charge is -2.31. The van der Waals surface area contributed by atoms with E-state index in [4.69, 9.17) is 14.2 Å². The number of nitrogens with zero attached hydrogens (tertiary/aromatic N) is 3. The minimum Gasteiger partial charge on any atom is -0.458 e. The van der Waals surface area contributed by atoms with Gasteiger partial charge in [0.25, 0.3) is 5.91 Å². The Balaban J connectivity index is 2.15. The quantitative estimate of drug-likeness (QED) is 0.303. The van der Waals surface area contributed by atoms with Gasteiger partial charge in [-0.3, -0.25) is 9.69 Å². The molecule has 0 bridgehead atoms. The molecule has 0 radical (unpaired) electrons. The molecule has 1 aliphatic rings. The summed E-state index contributed by atoms with van der Waals surface area (Å²) >= 11 is 1.35. The Bertz CT molecular complexity index is 782. The molecule has 2 heterocycles. The van der Waals surface area contributed by atoms with E-state index in [0.717, 1.165) is 4.90 Å². The zero-order chi connectivity index (χ0) is 23.3. The van der Waals surface area contributed by atoms with E-state index in [2.05, 4.69) is 4.98 Å². The van der Waals surface area contributed by atoms with Gasteiger partial charge in [-0.15, -0.1) is 11.3 Å². The predicted octanol–water partition coefficient (Wildman–Crippen LogP) is 3.35. The van der Waals surface area contributed by atoms with Crippen LogP contribution < -0.4 is 0 Å². The molecular weight excluding hydrogens is 422 g/mol. The Hall–Kier alpha value is -2.04. The Morgan fingerprint density at radius 3 is 2.32 bits per heavy atom. The monoisotopic (exact) mass is 455 g/mol. The molecular formula is C21H33N3O6S. The number of hydrogen-bond donors (Lipinski definition) is 0. The number of hydrogen-bond acceptors (Lipinski definition) is 8. The van der Waals surface area contributed by atoms with Crippen LogP contribution in [0, 0.1) is 5.92 Å². The lowest BCUT2D eigenvalue weighted by Crippen LogP contribution is -2.49. The molecule has 0 aliphatic carbocycles. The van der Waals surface area contributed by atoms with Crippen molar-refractivity contribution in [3.8, 4) is 0 Å². The first-order chi connectivity index (χ1) is 14.5. The minimum atomic E-state index is -0.841. The van der Waals surface area contributed by atoms with E-state index < -0.39 is 29.9 Å². The van der Waals surface area contributed by atoms with Gasteiger partial charge in [-0.25, -0.2) is 14.6 Å². The summed E-state index contributed by atoms with van der Waals surface area (Å²) in [6.45, 7) is 13.5. The summed E-state index contributed by atoms with van der Waals surface area (Å²) in [7, 11) is 0. The number of carbonyl (C=O) groups excluding carboxylic acids is 3. The van der Waals surface area contributed by atoms with E-state index in [9.17, 15) is 14.4 Å². The van der Waals surface area contributed by atoms with Gasteiger partial charge in [0, 0.05) is 18.6 Å². The highest BCUT2D eigenvalue weighted by Gasteiger charge is 2.45. The van der Waals surface area contributed by atoms with Gasteiger partial charge in [0.2, 0.25) is 6.29 Å². The molecule has 0 N–H and O–H groups in total. The maximum absolute atomic E-state index is 13.0. The first kappa shape index (κ1) is 25.2. The fraction of sp³-hybridized carbons (Fsp3) is 0.714. The summed E-state index contributed by atoms with van der Waals surface area (Å²) in [6, 6.07) is -1.36. The first-order valence-corrected chi connectivity index (χ1v) is 11.4. The predicted molar refractivity (Wildman–Crippen MR) is 115 cm³/mol. The van der Waals surface area contributed by atoms with Gasteiger partial charge in [0.1, 0.15) is 23.2 Å². The van der Waals surface area contributed by atoms with Crippen molar-refractivity contribution >= 4 is 29.2 Å². The third-order valence-corrected chi connectivity index (χ3v) is 5.34. The number of ether oxygens (including phenoxy) is 3. The lowest BCUT2D eigenvalue weighted by molar-refractivity contribution is -0.161. The van der Waals surface area contributed by atoms with E-state index in [-0.39, 0.29) is 24.9 Å². The molecule has 1 aromatic rings. The molecule has 2 rings (SSSR count). The number of imide groups is 1. The van der Waals surface area contributed by atoms with Crippen LogP contribution in [0.1, 0.15) is 65.5 Å². The van der Waals surface area contributed by atoms with Crippen molar-refractivity contribution in [2.24, 2.45) is 5.92 Å². The van der Waals surface area contributed by atoms with Gasteiger partial charge in [0.15, 0.2) is 0 Å². The highest BCUT2D eigenvalue weighted by Crippen LogP contribution is 2.26. The molecule has 0 unspecified atom stereocenters. The molecule has 9 nitrogen and oxygen atoms in total. The van der Waals surface area contributed by atoms with Crippen LogP contribution in [0.15, 0.2) is 5.38 Å². The van der Waals surface area contributed by atoms with Crippen molar-refractivity contribution in [2.75, 3.05) is 19.8 Å². The van der Waals surface area contributed by atoms with Gasteiger partial charge < -0.3 is 19.1 Å². The molecule has 1 aliphatic heterocycles. The number of thiazole rings is 1. The molecule has 1 aromatic heterocycles. The summed E-state index contributed by atoms with van der Waals surface area (Å²) in [5.74, 6) is -1.10. The van der Waals surface area contributed by atoms with Gasteiger partial charge in [0.05, 0.1) is 12.2 Å². The number of carbonyl (C=O) groups is 3. The van der Waals surface area contributed by atoms with E-state index in [1.165, 1.54) is 16.2 Å². The van der Waals surface area contributed by atoms with Crippen LogP contribution in [0.4, 0.5) is 4.79 Å². The second-order valence-electron chi connectivity index (χ2n) is 8.53. The molecule has 0 aromatic carbocycles. The van der Waals surface area contributed by atoms with Crippen LogP contribution in [-0.2, 0) is 30.3 Å². The van der Waals surface area contributed by atoms with Crippen LogP contribution in [0.25, 0.3) is 0 Å². The molecule has 0 spiro atoms. The van der Waals surface area contributed by atoms with Gasteiger partial charge in [-0.2, -0.15) is 0 Å². The fourth-order valence-corrected chi connectivity index (χ4v) is 4.02. The normalized spacial score (nSPS) is 16.0. The Kier molecular flexibility index (Phi) is 8.56. The molecule has 1 fully saturated rings. The molecule has 1 atom stereocenters. The van der Waals surface area contributed by atoms with Crippen molar-refractivity contribution in [1.29, 1.82) is 0 Å². The van der Waals surface area contributed by atoms with Gasteiger partial charge in [-0.1, -0.05) is 13.8 Å². The zero-order valence-corrected chi connectivity index (χ0v) is 20.2. The van der Waals surface area contributed by atoms with Crippen LogP contribution in [0.3, 0.4) is 0 Å². The number of aromatic nitrogens is 1. The van der Waals surface area contributed by atoms with E-state index in [1.54, 1.807) is 26.2 Å². The van der Waals surface area contributed by atoms with Crippen LogP contribution in [-0.4, -0.2) is 64.1 Å². The second kappa shape index (κ2) is 10.5. The highest BCUT2D eigenvalue weighted by atomic mass is 32.1. The maximum atomic E-state index is 13.0. The summed E-state index contributed by atoms with van der Waals surface area (Å²) in [5, 5.41) is 2.40. The average Bonchev–Trinajstić information content (AvgIpc) is 3.21. The Labute approximate surface area is 187 Å². The molecule has 174 valence electrons. The highest BCUT2D eigenvalue weighted by molar-refractivity contribution is 7.09. The third-order valence-electron chi connectivity index (χ3n) is 4.43. The number of esters is 1. The van der Waals surface area contributed by atoms with Crippen molar-refractivity contribution in [3.05, 3.63) is 16.1 Å².